The van der Waals surface area contributed by atoms with Crippen molar-refractivity contribution in [3.63, 3.8) is 0 Å². The molecular weight excluding hydrogens is 232 g/mol. The van der Waals surface area contributed by atoms with E-state index in [1.807, 2.05) is 18.2 Å². The number of rotatable bonds is 0. The van der Waals surface area contributed by atoms with Crippen LogP contribution in [0.5, 0.6) is 0 Å². The Bertz CT molecular complexity index is 387. The van der Waals surface area contributed by atoms with Crippen molar-refractivity contribution in [3.05, 3.63) is 28.2 Å². The molecule has 68 valence electrons. The van der Waals surface area contributed by atoms with E-state index in [1.54, 1.807) is 6.92 Å². The third-order valence-electron chi connectivity index (χ3n) is 2.26. The molecule has 1 amide bonds. The summed E-state index contributed by atoms with van der Waals surface area (Å²) in [6.07, 6.45) is 0. The number of hydrogen-bond acceptors (Lipinski definition) is 2. The fourth-order valence-corrected chi connectivity index (χ4v) is 1.81. The van der Waals surface area contributed by atoms with Crippen molar-refractivity contribution < 1.29 is 4.79 Å². The first kappa shape index (κ1) is 8.72. The number of carbonyl (C=O) groups excluding carboxylic acids is 1. The van der Waals surface area contributed by atoms with E-state index >= 15 is 0 Å². The van der Waals surface area contributed by atoms with E-state index in [0.29, 0.717) is 0 Å². The highest BCUT2D eigenvalue weighted by Crippen LogP contribution is 2.35. The largest absolute Gasteiger partial charge is 0.324 e. The molecule has 2 rings (SSSR count). The predicted octanol–water partition coefficient (Wildman–Crippen LogP) is 1.58. The molecule has 13 heavy (non-hydrogen) atoms. The van der Waals surface area contributed by atoms with Crippen LogP contribution in [-0.4, -0.2) is 5.91 Å². The normalized spacial score (nSPS) is 25.6. The summed E-state index contributed by atoms with van der Waals surface area (Å²) in [6.45, 7) is 1.71. The van der Waals surface area contributed by atoms with Gasteiger partial charge >= 0.3 is 0 Å². The first-order chi connectivity index (χ1) is 6.01. The Morgan fingerprint density at radius 2 is 2.23 bits per heavy atom. The fraction of sp³-hybridized carbons (Fsp3) is 0.222. The van der Waals surface area contributed by atoms with Crippen molar-refractivity contribution in [1.82, 2.24) is 0 Å². The van der Waals surface area contributed by atoms with Gasteiger partial charge in [0.2, 0.25) is 5.91 Å². The summed E-state index contributed by atoms with van der Waals surface area (Å²) in [4.78, 5) is 11.4. The molecule has 1 aromatic rings. The number of nitrogens with one attached hydrogen (secondary N) is 1. The number of benzene rings is 1. The molecule has 1 heterocycles. The van der Waals surface area contributed by atoms with Crippen molar-refractivity contribution >= 4 is 27.5 Å². The summed E-state index contributed by atoms with van der Waals surface area (Å²) < 4.78 is 0.934. The Labute approximate surface area is 84.4 Å². The minimum atomic E-state index is -0.893. The molecule has 1 aromatic carbocycles. The molecule has 0 fully saturated rings. The van der Waals surface area contributed by atoms with Crippen LogP contribution in [0, 0.1) is 0 Å². The number of fused-ring (bicyclic) bond motifs is 1. The molecule has 0 radical (unpaired) electrons. The smallest absolute Gasteiger partial charge is 0.248 e. The topological polar surface area (TPSA) is 55.1 Å². The maximum Gasteiger partial charge on any atom is 0.248 e. The summed E-state index contributed by atoms with van der Waals surface area (Å²) in [6, 6.07) is 5.59. The van der Waals surface area contributed by atoms with Gasteiger partial charge in [-0.3, -0.25) is 4.79 Å². The van der Waals surface area contributed by atoms with Gasteiger partial charge < -0.3 is 11.1 Å². The van der Waals surface area contributed by atoms with E-state index in [4.69, 9.17) is 5.73 Å². The van der Waals surface area contributed by atoms with Crippen molar-refractivity contribution in [2.75, 3.05) is 5.32 Å². The number of carbonyl (C=O) groups is 1. The van der Waals surface area contributed by atoms with E-state index in [9.17, 15) is 4.79 Å². The van der Waals surface area contributed by atoms with Gasteiger partial charge in [-0.15, -0.1) is 0 Å². The van der Waals surface area contributed by atoms with Crippen molar-refractivity contribution in [1.29, 1.82) is 0 Å². The lowest BCUT2D eigenvalue weighted by molar-refractivity contribution is -0.120. The van der Waals surface area contributed by atoms with Gasteiger partial charge in [-0.2, -0.15) is 0 Å². The molecule has 0 aliphatic carbocycles. The molecule has 0 saturated carbocycles. The molecular formula is C9H9BrN2O. The molecule has 1 aliphatic rings. The maximum atomic E-state index is 11.4. The lowest BCUT2D eigenvalue weighted by atomic mass is 9.95. The van der Waals surface area contributed by atoms with Crippen molar-refractivity contribution in [2.24, 2.45) is 5.73 Å². The van der Waals surface area contributed by atoms with Crippen LogP contribution in [0.1, 0.15) is 12.5 Å². The monoisotopic (exact) mass is 240 g/mol. The number of amides is 1. The Morgan fingerprint density at radius 3 is 2.92 bits per heavy atom. The van der Waals surface area contributed by atoms with E-state index < -0.39 is 5.54 Å². The fourth-order valence-electron chi connectivity index (χ4n) is 1.45. The maximum absolute atomic E-state index is 11.4. The second kappa shape index (κ2) is 2.56. The molecule has 0 spiro atoms. The van der Waals surface area contributed by atoms with Gasteiger partial charge in [-0.1, -0.05) is 22.0 Å². The van der Waals surface area contributed by atoms with Crippen LogP contribution in [-0.2, 0) is 10.3 Å². The summed E-state index contributed by atoms with van der Waals surface area (Å²) in [7, 11) is 0. The van der Waals surface area contributed by atoms with Crippen molar-refractivity contribution in [3.8, 4) is 0 Å². The summed E-state index contributed by atoms with van der Waals surface area (Å²) in [5.74, 6) is -0.152. The Hall–Kier alpha value is -0.870. The zero-order valence-electron chi connectivity index (χ0n) is 7.10. The van der Waals surface area contributed by atoms with E-state index in [2.05, 4.69) is 21.2 Å². The third-order valence-corrected chi connectivity index (χ3v) is 2.75. The van der Waals surface area contributed by atoms with E-state index in [-0.39, 0.29) is 5.91 Å². The molecule has 3 N–H and O–H groups in total. The van der Waals surface area contributed by atoms with Gasteiger partial charge in [0.25, 0.3) is 0 Å². The lowest BCUT2D eigenvalue weighted by Crippen LogP contribution is -2.40. The minimum absolute atomic E-state index is 0.152. The second-order valence-corrected chi connectivity index (χ2v) is 4.26. The Kier molecular flexibility index (Phi) is 1.72. The Balaban J connectivity index is 2.62. The predicted molar refractivity (Wildman–Crippen MR) is 54.3 cm³/mol. The van der Waals surface area contributed by atoms with Crippen LogP contribution in [0.4, 0.5) is 5.69 Å². The van der Waals surface area contributed by atoms with E-state index in [0.717, 1.165) is 15.7 Å². The standard InChI is InChI=1S/C9H9BrN2O/c1-9(11)6-3-2-5(10)4-7(6)12-8(9)13/h2-4H,11H2,1H3,(H,12,13). The SMILES string of the molecule is CC1(N)C(=O)Nc2cc(Br)ccc21. The third kappa shape index (κ3) is 1.17. The molecule has 0 saturated heterocycles. The number of halogens is 1. The average Bonchev–Trinajstić information content (AvgIpc) is 2.23. The highest BCUT2D eigenvalue weighted by molar-refractivity contribution is 9.10. The number of hydrogen-bond donors (Lipinski definition) is 2. The zero-order valence-corrected chi connectivity index (χ0v) is 8.68. The lowest BCUT2D eigenvalue weighted by Gasteiger charge is -2.14. The van der Waals surface area contributed by atoms with Crippen LogP contribution in [0.3, 0.4) is 0 Å². The first-order valence-corrected chi connectivity index (χ1v) is 4.71. The summed E-state index contributed by atoms with van der Waals surface area (Å²) in [5.41, 5.74) is 6.61. The molecule has 1 aliphatic heterocycles. The van der Waals surface area contributed by atoms with Gasteiger partial charge in [-0.25, -0.2) is 0 Å². The van der Waals surface area contributed by atoms with Gasteiger partial charge in [0, 0.05) is 15.7 Å². The molecule has 3 nitrogen and oxygen atoms in total. The first-order valence-electron chi connectivity index (χ1n) is 3.92. The molecule has 4 heteroatoms. The molecule has 1 atom stereocenters. The highest BCUT2D eigenvalue weighted by atomic mass is 79.9. The number of anilines is 1. The van der Waals surface area contributed by atoms with Crippen LogP contribution in [0.2, 0.25) is 0 Å². The van der Waals surface area contributed by atoms with Gasteiger partial charge in [-0.05, 0) is 19.1 Å². The molecule has 0 aromatic heterocycles. The van der Waals surface area contributed by atoms with Gasteiger partial charge in [0.1, 0.15) is 5.54 Å². The van der Waals surface area contributed by atoms with Gasteiger partial charge in [0.15, 0.2) is 0 Å². The quantitative estimate of drug-likeness (QED) is 0.724. The zero-order chi connectivity index (χ0) is 9.64. The van der Waals surface area contributed by atoms with Crippen LogP contribution in [0.25, 0.3) is 0 Å². The van der Waals surface area contributed by atoms with Crippen LogP contribution < -0.4 is 11.1 Å². The Morgan fingerprint density at radius 1 is 1.54 bits per heavy atom. The van der Waals surface area contributed by atoms with E-state index in [1.165, 1.54) is 0 Å². The molecule has 0 bridgehead atoms. The van der Waals surface area contributed by atoms with Crippen molar-refractivity contribution in [2.45, 2.75) is 12.5 Å². The summed E-state index contributed by atoms with van der Waals surface area (Å²) in [5, 5.41) is 2.73. The van der Waals surface area contributed by atoms with Crippen LogP contribution >= 0.6 is 15.9 Å². The summed E-state index contributed by atoms with van der Waals surface area (Å²) >= 11 is 3.33. The van der Waals surface area contributed by atoms with Gasteiger partial charge in [0.05, 0.1) is 0 Å². The molecule has 1 unspecified atom stereocenters. The second-order valence-electron chi connectivity index (χ2n) is 3.35. The van der Waals surface area contributed by atoms with Crippen LogP contribution in [0.15, 0.2) is 22.7 Å². The number of nitrogens with two attached hydrogens (primary N) is 1. The highest BCUT2D eigenvalue weighted by Gasteiger charge is 2.38. The minimum Gasteiger partial charge on any atom is -0.324 e. The average molecular weight is 241 g/mol.